The van der Waals surface area contributed by atoms with Gasteiger partial charge in [0.15, 0.2) is 0 Å². The van der Waals surface area contributed by atoms with Crippen molar-refractivity contribution in [3.63, 3.8) is 0 Å². The van der Waals surface area contributed by atoms with E-state index in [1.54, 1.807) is 24.3 Å². The molecule has 2 aromatic rings. The Morgan fingerprint density at radius 1 is 1.11 bits per heavy atom. The Hall–Kier alpha value is -2.66. The minimum Gasteiger partial charge on any atom is -0.336 e. The zero-order valence-corrected chi connectivity index (χ0v) is 15.7. The van der Waals surface area contributed by atoms with Gasteiger partial charge in [0, 0.05) is 23.8 Å². The lowest BCUT2D eigenvalue weighted by Crippen LogP contribution is -2.42. The Morgan fingerprint density at radius 3 is 2.48 bits per heavy atom. The molecule has 0 saturated carbocycles. The van der Waals surface area contributed by atoms with E-state index in [2.05, 4.69) is 12.2 Å². The normalized spacial score (nSPS) is 18.0. The fraction of sp³-hybridized carbons (Fsp3) is 0.364. The minimum absolute atomic E-state index is 0.0563. The molecule has 1 aliphatic heterocycles. The molecule has 2 amide bonds. The molecule has 2 atom stereocenters. The summed E-state index contributed by atoms with van der Waals surface area (Å²) in [6, 6.07) is 16.4. The van der Waals surface area contributed by atoms with Gasteiger partial charge in [-0.25, -0.2) is 0 Å². The average Bonchev–Trinajstić information content (AvgIpc) is 2.69. The van der Waals surface area contributed by atoms with Crippen LogP contribution < -0.4 is 11.1 Å². The number of carbonyl (C=O) groups is 2. The Morgan fingerprint density at radius 2 is 1.81 bits per heavy atom. The van der Waals surface area contributed by atoms with Crippen molar-refractivity contribution in [1.29, 1.82) is 0 Å². The molecule has 142 valence electrons. The second-order valence-electron chi connectivity index (χ2n) is 7.21. The molecule has 2 aromatic carbocycles. The lowest BCUT2D eigenvalue weighted by atomic mass is 10.0. The lowest BCUT2D eigenvalue weighted by molar-refractivity contribution is -0.117. The zero-order chi connectivity index (χ0) is 19.2. The number of anilines is 1. The lowest BCUT2D eigenvalue weighted by Gasteiger charge is -2.33. The molecule has 5 heteroatoms. The van der Waals surface area contributed by atoms with Crippen molar-refractivity contribution in [1.82, 2.24) is 4.90 Å². The number of carbonyl (C=O) groups excluding carboxylic acids is 2. The van der Waals surface area contributed by atoms with E-state index in [4.69, 9.17) is 5.73 Å². The topological polar surface area (TPSA) is 75.4 Å². The van der Waals surface area contributed by atoms with Gasteiger partial charge in [-0.1, -0.05) is 30.3 Å². The summed E-state index contributed by atoms with van der Waals surface area (Å²) in [4.78, 5) is 26.9. The van der Waals surface area contributed by atoms with Gasteiger partial charge in [0.25, 0.3) is 5.91 Å². The predicted octanol–water partition coefficient (Wildman–Crippen LogP) is 3.21. The highest BCUT2D eigenvalue weighted by Crippen LogP contribution is 2.20. The van der Waals surface area contributed by atoms with Crippen LogP contribution in [0.5, 0.6) is 0 Å². The summed E-state index contributed by atoms with van der Waals surface area (Å²) in [5.74, 6) is -0.177. The summed E-state index contributed by atoms with van der Waals surface area (Å²) in [5.41, 5.74) is 8.33. The first-order valence-electron chi connectivity index (χ1n) is 9.56. The maximum absolute atomic E-state index is 12.7. The Balaban J connectivity index is 1.58. The van der Waals surface area contributed by atoms with E-state index in [1.165, 1.54) is 6.42 Å². The van der Waals surface area contributed by atoms with E-state index in [0.717, 1.165) is 24.9 Å². The summed E-state index contributed by atoms with van der Waals surface area (Å²) in [6.07, 6.45) is 3.78. The van der Waals surface area contributed by atoms with Crippen molar-refractivity contribution in [3.05, 3.63) is 65.7 Å². The molecule has 27 heavy (non-hydrogen) atoms. The van der Waals surface area contributed by atoms with Gasteiger partial charge in [0.05, 0.1) is 6.04 Å². The molecule has 1 fully saturated rings. The van der Waals surface area contributed by atoms with Gasteiger partial charge >= 0.3 is 0 Å². The van der Waals surface area contributed by atoms with Gasteiger partial charge in [-0.2, -0.15) is 0 Å². The second-order valence-corrected chi connectivity index (χ2v) is 7.21. The molecule has 1 saturated heterocycles. The number of piperidine rings is 1. The third kappa shape index (κ3) is 4.95. The molecule has 1 aliphatic rings. The van der Waals surface area contributed by atoms with E-state index in [0.29, 0.717) is 17.7 Å². The fourth-order valence-electron chi connectivity index (χ4n) is 3.46. The first-order chi connectivity index (χ1) is 13.0. The molecule has 0 bridgehead atoms. The van der Waals surface area contributed by atoms with Crippen LogP contribution in [0.25, 0.3) is 0 Å². The quantitative estimate of drug-likeness (QED) is 0.854. The van der Waals surface area contributed by atoms with Crippen LogP contribution in [0.2, 0.25) is 0 Å². The molecule has 1 unspecified atom stereocenters. The summed E-state index contributed by atoms with van der Waals surface area (Å²) in [7, 11) is 0. The van der Waals surface area contributed by atoms with Crippen molar-refractivity contribution in [2.75, 3.05) is 11.9 Å². The van der Waals surface area contributed by atoms with Gasteiger partial charge in [0.2, 0.25) is 5.91 Å². The molecule has 3 rings (SSSR count). The van der Waals surface area contributed by atoms with E-state index in [1.807, 2.05) is 35.2 Å². The number of nitrogens with one attached hydrogen (secondary N) is 1. The van der Waals surface area contributed by atoms with Crippen molar-refractivity contribution in [3.8, 4) is 0 Å². The first-order valence-corrected chi connectivity index (χ1v) is 9.56. The molecule has 0 aliphatic carbocycles. The molecule has 1 heterocycles. The van der Waals surface area contributed by atoms with E-state index < -0.39 is 6.04 Å². The highest BCUT2D eigenvalue weighted by Gasteiger charge is 2.24. The molecule has 0 aromatic heterocycles. The maximum atomic E-state index is 12.7. The largest absolute Gasteiger partial charge is 0.336 e. The third-order valence-corrected chi connectivity index (χ3v) is 5.10. The summed E-state index contributed by atoms with van der Waals surface area (Å²) < 4.78 is 0. The summed E-state index contributed by atoms with van der Waals surface area (Å²) in [5, 5.41) is 2.83. The van der Waals surface area contributed by atoms with Gasteiger partial charge in [-0.3, -0.25) is 9.59 Å². The monoisotopic (exact) mass is 365 g/mol. The average molecular weight is 365 g/mol. The van der Waals surface area contributed by atoms with Crippen LogP contribution >= 0.6 is 0 Å². The van der Waals surface area contributed by atoms with Crippen LogP contribution in [-0.2, 0) is 11.2 Å². The Bertz CT molecular complexity index is 774. The number of amides is 2. The standard InChI is InChI=1S/C22H27N3O2/c1-16-7-5-6-14-25(16)22(27)18-10-12-19(13-11-18)24-21(26)20(23)15-17-8-3-2-4-9-17/h2-4,8-13,16,20H,5-7,14-15,23H2,1H3,(H,24,26)/t16?,20-/m0/s1. The maximum Gasteiger partial charge on any atom is 0.254 e. The van der Waals surface area contributed by atoms with Crippen LogP contribution in [0.3, 0.4) is 0 Å². The number of hydrogen-bond acceptors (Lipinski definition) is 3. The molecular weight excluding hydrogens is 338 g/mol. The zero-order valence-electron chi connectivity index (χ0n) is 15.7. The number of benzene rings is 2. The fourth-order valence-corrected chi connectivity index (χ4v) is 3.46. The van der Waals surface area contributed by atoms with E-state index >= 15 is 0 Å². The van der Waals surface area contributed by atoms with Crippen molar-refractivity contribution < 1.29 is 9.59 Å². The summed E-state index contributed by atoms with van der Waals surface area (Å²) in [6.45, 7) is 2.91. The number of likely N-dealkylation sites (tertiary alicyclic amines) is 1. The number of hydrogen-bond donors (Lipinski definition) is 2. The third-order valence-electron chi connectivity index (χ3n) is 5.10. The van der Waals surface area contributed by atoms with Crippen molar-refractivity contribution >= 4 is 17.5 Å². The highest BCUT2D eigenvalue weighted by atomic mass is 16.2. The van der Waals surface area contributed by atoms with Gasteiger partial charge in [-0.05, 0) is 62.4 Å². The van der Waals surface area contributed by atoms with Gasteiger partial charge < -0.3 is 16.0 Å². The molecule has 5 nitrogen and oxygen atoms in total. The van der Waals surface area contributed by atoms with Crippen LogP contribution in [0.1, 0.15) is 42.1 Å². The second kappa shape index (κ2) is 8.82. The van der Waals surface area contributed by atoms with Crippen LogP contribution in [0.15, 0.2) is 54.6 Å². The van der Waals surface area contributed by atoms with Crippen LogP contribution in [0.4, 0.5) is 5.69 Å². The molecule has 0 spiro atoms. The van der Waals surface area contributed by atoms with Crippen LogP contribution in [0, 0.1) is 0 Å². The molecule has 3 N–H and O–H groups in total. The SMILES string of the molecule is CC1CCCCN1C(=O)c1ccc(NC(=O)[C@@H](N)Cc2ccccc2)cc1. The number of rotatable bonds is 5. The van der Waals surface area contributed by atoms with E-state index in [-0.39, 0.29) is 17.9 Å². The summed E-state index contributed by atoms with van der Waals surface area (Å²) >= 11 is 0. The number of nitrogens with zero attached hydrogens (tertiary/aromatic N) is 1. The molecular formula is C22H27N3O2. The van der Waals surface area contributed by atoms with Crippen LogP contribution in [-0.4, -0.2) is 35.3 Å². The smallest absolute Gasteiger partial charge is 0.254 e. The van der Waals surface area contributed by atoms with Gasteiger partial charge in [0.1, 0.15) is 0 Å². The minimum atomic E-state index is -0.622. The highest BCUT2D eigenvalue weighted by molar-refractivity contribution is 5.97. The Kier molecular flexibility index (Phi) is 6.24. The Labute approximate surface area is 160 Å². The first kappa shape index (κ1) is 19.1. The molecule has 0 radical (unpaired) electrons. The number of nitrogens with two attached hydrogens (primary N) is 1. The predicted molar refractivity (Wildman–Crippen MR) is 108 cm³/mol. The van der Waals surface area contributed by atoms with Crippen molar-refractivity contribution in [2.45, 2.75) is 44.7 Å². The van der Waals surface area contributed by atoms with Crippen molar-refractivity contribution in [2.24, 2.45) is 5.73 Å². The van der Waals surface area contributed by atoms with E-state index in [9.17, 15) is 9.59 Å². The van der Waals surface area contributed by atoms with Gasteiger partial charge in [-0.15, -0.1) is 0 Å².